The fraction of sp³-hybridized carbons (Fsp3) is 0.0566. The first kappa shape index (κ1) is 31.6. The van der Waals surface area contributed by atoms with E-state index in [9.17, 15) is 0 Å². The Labute approximate surface area is 328 Å². The third kappa shape index (κ3) is 4.62. The average molecular weight is 733 g/mol. The molecule has 0 saturated carbocycles. The first-order valence-electron chi connectivity index (χ1n) is 19.5. The molecule has 0 saturated heterocycles. The molecule has 1 aliphatic rings. The van der Waals surface area contributed by atoms with Crippen molar-refractivity contribution < 1.29 is 0 Å². The van der Waals surface area contributed by atoms with E-state index >= 15 is 0 Å². The fourth-order valence-electron chi connectivity index (χ4n) is 9.59. The minimum Gasteiger partial charge on any atom is -0.333 e. The highest BCUT2D eigenvalue weighted by Gasteiger charge is 2.22. The number of thiophene rings is 1. The van der Waals surface area contributed by atoms with Crippen LogP contribution < -0.4 is 0 Å². The lowest BCUT2D eigenvalue weighted by molar-refractivity contribution is 0.510. The number of hydrogen-bond acceptors (Lipinski definition) is 1. The summed E-state index contributed by atoms with van der Waals surface area (Å²) >= 11 is 1.88. The van der Waals surface area contributed by atoms with Crippen molar-refractivity contribution in [2.45, 2.75) is 13.0 Å². The van der Waals surface area contributed by atoms with Gasteiger partial charge in [-0.15, -0.1) is 11.3 Å². The molecule has 3 heterocycles. The highest BCUT2D eigenvalue weighted by Crippen LogP contribution is 2.43. The predicted molar refractivity (Wildman–Crippen MR) is 242 cm³/mol. The molecule has 0 spiro atoms. The Morgan fingerprint density at radius 3 is 2.00 bits per heavy atom. The molecule has 0 aliphatic heterocycles. The van der Waals surface area contributed by atoms with Crippen molar-refractivity contribution in [2.24, 2.45) is 5.92 Å². The van der Waals surface area contributed by atoms with Crippen LogP contribution in [-0.4, -0.2) is 9.13 Å². The van der Waals surface area contributed by atoms with Crippen molar-refractivity contribution in [1.29, 1.82) is 0 Å². The van der Waals surface area contributed by atoms with Crippen LogP contribution >= 0.6 is 11.3 Å². The van der Waals surface area contributed by atoms with Gasteiger partial charge in [0, 0.05) is 58.1 Å². The van der Waals surface area contributed by atoms with Gasteiger partial charge >= 0.3 is 0 Å². The second kappa shape index (κ2) is 12.2. The van der Waals surface area contributed by atoms with Gasteiger partial charge in [0.1, 0.15) is 0 Å². The van der Waals surface area contributed by atoms with Crippen molar-refractivity contribution in [1.82, 2.24) is 9.13 Å². The molecule has 0 radical (unpaired) electrons. The Morgan fingerprint density at radius 2 is 1.11 bits per heavy atom. The van der Waals surface area contributed by atoms with E-state index in [2.05, 4.69) is 204 Å². The Balaban J connectivity index is 1.03. The van der Waals surface area contributed by atoms with Crippen LogP contribution in [-0.2, 0) is 0 Å². The zero-order valence-electron chi connectivity index (χ0n) is 30.9. The lowest BCUT2D eigenvalue weighted by Gasteiger charge is -2.24. The molecule has 0 fully saturated rings. The number of hydrogen-bond donors (Lipinski definition) is 0. The molecule has 56 heavy (non-hydrogen) atoms. The molecular formula is C53H36N2S. The first-order valence-corrected chi connectivity index (χ1v) is 20.4. The van der Waals surface area contributed by atoms with Gasteiger partial charge in [-0.05, 0) is 88.2 Å². The molecule has 11 aromatic rings. The molecule has 0 bridgehead atoms. The van der Waals surface area contributed by atoms with Crippen molar-refractivity contribution in [3.8, 4) is 27.9 Å². The fourth-order valence-corrected chi connectivity index (χ4v) is 10.7. The summed E-state index contributed by atoms with van der Waals surface area (Å²) in [5, 5.41) is 10.3. The van der Waals surface area contributed by atoms with Gasteiger partial charge in [-0.2, -0.15) is 0 Å². The zero-order valence-corrected chi connectivity index (χ0v) is 31.7. The quantitative estimate of drug-likeness (QED) is 0.170. The van der Waals surface area contributed by atoms with E-state index in [4.69, 9.17) is 0 Å². The molecule has 1 aliphatic carbocycles. The molecule has 2 unspecified atom stereocenters. The van der Waals surface area contributed by atoms with Gasteiger partial charge in [-0.3, -0.25) is 0 Å². The van der Waals surface area contributed by atoms with Crippen LogP contribution in [0.4, 0.5) is 0 Å². The van der Waals surface area contributed by atoms with Gasteiger partial charge in [0.25, 0.3) is 0 Å². The lowest BCUT2D eigenvalue weighted by atomic mass is 9.96. The minimum absolute atomic E-state index is 0.279. The predicted octanol–water partition coefficient (Wildman–Crippen LogP) is 15.0. The zero-order chi connectivity index (χ0) is 36.9. The smallest absolute Gasteiger partial charge is 0.0585 e. The van der Waals surface area contributed by atoms with Crippen molar-refractivity contribution in [2.75, 3.05) is 0 Å². The van der Waals surface area contributed by atoms with Crippen LogP contribution in [0.5, 0.6) is 0 Å². The summed E-state index contributed by atoms with van der Waals surface area (Å²) in [4.78, 5) is 0. The maximum absolute atomic E-state index is 2.54. The molecule has 0 N–H and O–H groups in total. The normalized spacial score (nSPS) is 15.8. The van der Waals surface area contributed by atoms with Crippen LogP contribution in [0.3, 0.4) is 0 Å². The summed E-state index contributed by atoms with van der Waals surface area (Å²) in [6.07, 6.45) is 9.02. The Morgan fingerprint density at radius 1 is 0.446 bits per heavy atom. The van der Waals surface area contributed by atoms with Gasteiger partial charge in [0.15, 0.2) is 0 Å². The van der Waals surface area contributed by atoms with E-state index in [0.29, 0.717) is 5.92 Å². The van der Waals surface area contributed by atoms with E-state index in [0.717, 1.165) is 0 Å². The van der Waals surface area contributed by atoms with Crippen LogP contribution in [0, 0.1) is 5.92 Å². The molecular weight excluding hydrogens is 697 g/mol. The first-order chi connectivity index (χ1) is 27.7. The van der Waals surface area contributed by atoms with E-state index in [1.807, 2.05) is 11.3 Å². The van der Waals surface area contributed by atoms with Gasteiger partial charge in [0.05, 0.1) is 22.8 Å². The van der Waals surface area contributed by atoms with Crippen LogP contribution in [0.25, 0.3) is 102 Å². The Bertz CT molecular complexity index is 3460. The molecule has 2 atom stereocenters. The van der Waals surface area contributed by atoms with E-state index in [1.165, 1.54) is 102 Å². The number of aromatic nitrogens is 2. The molecule has 2 nitrogen and oxygen atoms in total. The topological polar surface area (TPSA) is 9.86 Å². The van der Waals surface area contributed by atoms with Gasteiger partial charge in [0.2, 0.25) is 0 Å². The number of fused-ring (bicyclic) bond motifs is 10. The van der Waals surface area contributed by atoms with Crippen molar-refractivity contribution >= 4 is 85.9 Å². The SMILES string of the molecule is CC1C=CC=CC1n1c2ccccc2c2cc(-c3ccc4c5ccccc5n(-c5cccc6cc(-c7cccc8sc9ccccc9c78)ccc56)c4c3)ccc21. The number of benzene rings is 8. The second-order valence-electron chi connectivity index (χ2n) is 15.3. The van der Waals surface area contributed by atoms with Crippen molar-refractivity contribution in [3.05, 3.63) is 188 Å². The minimum atomic E-state index is 0.279. The average Bonchev–Trinajstić information content (AvgIpc) is 3.91. The van der Waals surface area contributed by atoms with E-state index in [1.54, 1.807) is 0 Å². The molecule has 3 heteroatoms. The maximum Gasteiger partial charge on any atom is 0.0585 e. The maximum atomic E-state index is 2.54. The standard InChI is InChI=1S/C53H36N2S/c1-33-12-2-6-18-45(33)54-48-20-8-4-15-41(48)44-31-34(26-29-49(44)54)35-24-28-42-40-14-3-7-19-47(40)55(50(42)32-35)46-21-10-13-36-30-37(25-27-38(36)46)39-17-11-23-52-53(39)43-16-5-9-22-51(43)56-52/h2-33,45H,1H3. The summed E-state index contributed by atoms with van der Waals surface area (Å²) in [6, 6.07) is 61.4. The summed E-state index contributed by atoms with van der Waals surface area (Å²) in [5.74, 6) is 0.416. The Kier molecular flexibility index (Phi) is 6.87. The second-order valence-corrected chi connectivity index (χ2v) is 16.4. The number of rotatable bonds is 4. The molecule has 264 valence electrons. The number of allylic oxidation sites excluding steroid dienone is 4. The summed E-state index contributed by atoms with van der Waals surface area (Å²) in [7, 11) is 0. The monoisotopic (exact) mass is 732 g/mol. The summed E-state index contributed by atoms with van der Waals surface area (Å²) in [5.41, 5.74) is 11.2. The van der Waals surface area contributed by atoms with Crippen LogP contribution in [0.2, 0.25) is 0 Å². The Hall–Kier alpha value is -6.68. The summed E-state index contributed by atoms with van der Waals surface area (Å²) < 4.78 is 7.68. The van der Waals surface area contributed by atoms with Crippen LogP contribution in [0.1, 0.15) is 13.0 Å². The highest BCUT2D eigenvalue weighted by molar-refractivity contribution is 7.25. The van der Waals surface area contributed by atoms with E-state index < -0.39 is 0 Å². The largest absolute Gasteiger partial charge is 0.333 e. The van der Waals surface area contributed by atoms with Crippen LogP contribution in [0.15, 0.2) is 188 Å². The third-order valence-electron chi connectivity index (χ3n) is 12.2. The van der Waals surface area contributed by atoms with Gasteiger partial charge in [-0.1, -0.05) is 140 Å². The lowest BCUT2D eigenvalue weighted by Crippen LogP contribution is -2.15. The highest BCUT2D eigenvalue weighted by atomic mass is 32.1. The molecule has 8 aromatic carbocycles. The van der Waals surface area contributed by atoms with Gasteiger partial charge < -0.3 is 9.13 Å². The third-order valence-corrected chi connectivity index (χ3v) is 13.3. The molecule has 3 aromatic heterocycles. The number of nitrogens with zero attached hydrogens (tertiary/aromatic N) is 2. The molecule has 0 amide bonds. The molecule has 12 rings (SSSR count). The van der Waals surface area contributed by atoms with Crippen molar-refractivity contribution in [3.63, 3.8) is 0 Å². The number of para-hydroxylation sites is 2. The van der Waals surface area contributed by atoms with E-state index in [-0.39, 0.29) is 6.04 Å². The summed E-state index contributed by atoms with van der Waals surface area (Å²) in [6.45, 7) is 2.32. The van der Waals surface area contributed by atoms with Gasteiger partial charge in [-0.25, -0.2) is 0 Å².